The summed E-state index contributed by atoms with van der Waals surface area (Å²) in [5, 5.41) is 4.61. The van der Waals surface area contributed by atoms with Gasteiger partial charge in [0.2, 0.25) is 0 Å². The lowest BCUT2D eigenvalue weighted by atomic mass is 10.2. The quantitative estimate of drug-likeness (QED) is 0.832. The average Bonchev–Trinajstić information content (AvgIpc) is 2.70. The van der Waals surface area contributed by atoms with Crippen LogP contribution in [0.2, 0.25) is 0 Å². The molecule has 0 fully saturated rings. The Hall–Kier alpha value is -1.33. The molecule has 3 N–H and O–H groups in total. The van der Waals surface area contributed by atoms with Crippen molar-refractivity contribution in [3.63, 3.8) is 0 Å². The molecule has 0 saturated heterocycles. The third-order valence-electron chi connectivity index (χ3n) is 2.37. The lowest BCUT2D eigenvalue weighted by molar-refractivity contribution is 0.102. The summed E-state index contributed by atoms with van der Waals surface area (Å²) in [7, 11) is 0. The first-order valence-corrected chi connectivity index (χ1v) is 6.65. The number of nitrogens with two attached hydrogens (primary N) is 1. The van der Waals surface area contributed by atoms with E-state index in [-0.39, 0.29) is 5.91 Å². The smallest absolute Gasteiger partial charge is 0.256 e. The van der Waals surface area contributed by atoms with E-state index in [1.807, 2.05) is 19.1 Å². The Bertz CT molecular complexity index is 565. The van der Waals surface area contributed by atoms with Crippen LogP contribution < -0.4 is 11.1 Å². The van der Waals surface area contributed by atoms with E-state index in [9.17, 15) is 4.79 Å². The van der Waals surface area contributed by atoms with Crippen LogP contribution in [0.5, 0.6) is 0 Å². The van der Waals surface area contributed by atoms with Crippen molar-refractivity contribution in [3.8, 4) is 0 Å². The number of nitrogen functional groups attached to an aromatic ring is 1. The maximum atomic E-state index is 11.9. The molecule has 2 aromatic rings. The Balaban J connectivity index is 2.15. The third kappa shape index (κ3) is 2.87. The lowest BCUT2D eigenvalue weighted by Gasteiger charge is -2.06. The fraction of sp³-hybridized carbons (Fsp3) is 0.0833. The molecule has 3 nitrogen and oxygen atoms in total. The summed E-state index contributed by atoms with van der Waals surface area (Å²) in [4.78, 5) is 11.9. The van der Waals surface area contributed by atoms with Gasteiger partial charge >= 0.3 is 0 Å². The summed E-state index contributed by atoms with van der Waals surface area (Å²) in [6.07, 6.45) is 0. The van der Waals surface area contributed by atoms with Crippen molar-refractivity contribution in [2.75, 3.05) is 11.1 Å². The van der Waals surface area contributed by atoms with E-state index in [0.29, 0.717) is 16.9 Å². The fourth-order valence-electron chi connectivity index (χ4n) is 1.35. The highest BCUT2D eigenvalue weighted by Crippen LogP contribution is 2.22. The summed E-state index contributed by atoms with van der Waals surface area (Å²) in [6.45, 7) is 1.93. The number of halogens is 1. The van der Waals surface area contributed by atoms with Gasteiger partial charge in [0, 0.05) is 16.8 Å². The second kappa shape index (κ2) is 4.89. The number of benzene rings is 1. The number of rotatable bonds is 2. The largest absolute Gasteiger partial charge is 0.398 e. The Labute approximate surface area is 112 Å². The molecule has 0 atom stereocenters. The van der Waals surface area contributed by atoms with Crippen LogP contribution in [-0.2, 0) is 0 Å². The minimum Gasteiger partial charge on any atom is -0.398 e. The van der Waals surface area contributed by atoms with Crippen molar-refractivity contribution in [1.82, 2.24) is 0 Å². The highest BCUT2D eigenvalue weighted by molar-refractivity contribution is 9.11. The first-order valence-electron chi connectivity index (χ1n) is 4.98. The number of hydrogen-bond donors (Lipinski definition) is 2. The Morgan fingerprint density at radius 2 is 2.18 bits per heavy atom. The molecule has 0 aliphatic rings. The van der Waals surface area contributed by atoms with Crippen LogP contribution in [0.25, 0.3) is 0 Å². The van der Waals surface area contributed by atoms with E-state index >= 15 is 0 Å². The molecule has 1 aromatic heterocycles. The number of nitrogens with one attached hydrogen (secondary N) is 1. The van der Waals surface area contributed by atoms with Crippen LogP contribution in [0.15, 0.2) is 33.4 Å². The van der Waals surface area contributed by atoms with Gasteiger partial charge in [0.1, 0.15) is 0 Å². The molecule has 0 aliphatic carbocycles. The second-order valence-electron chi connectivity index (χ2n) is 3.66. The number of aryl methyl sites for hydroxylation is 1. The Morgan fingerprint density at radius 1 is 1.41 bits per heavy atom. The molecule has 0 bridgehead atoms. The first kappa shape index (κ1) is 12.1. The monoisotopic (exact) mass is 310 g/mol. The zero-order valence-electron chi connectivity index (χ0n) is 9.16. The standard InChI is InChI=1S/C12H11BrN2OS/c1-7-2-3-9(5-10(7)14)15-12(16)8-4-11(13)17-6-8/h2-6H,14H2,1H3,(H,15,16). The van der Waals surface area contributed by atoms with Crippen LogP contribution in [0.1, 0.15) is 15.9 Å². The topological polar surface area (TPSA) is 55.1 Å². The van der Waals surface area contributed by atoms with E-state index in [1.54, 1.807) is 17.5 Å². The number of hydrogen-bond acceptors (Lipinski definition) is 3. The van der Waals surface area contributed by atoms with E-state index in [2.05, 4.69) is 21.2 Å². The van der Waals surface area contributed by atoms with Gasteiger partial charge in [-0.15, -0.1) is 11.3 Å². The molecule has 0 unspecified atom stereocenters. The summed E-state index contributed by atoms with van der Waals surface area (Å²) in [5.74, 6) is -0.129. The molecule has 2 rings (SSSR count). The van der Waals surface area contributed by atoms with Crippen molar-refractivity contribution in [3.05, 3.63) is 44.6 Å². The minimum atomic E-state index is -0.129. The van der Waals surface area contributed by atoms with Gasteiger partial charge in [-0.05, 0) is 46.6 Å². The average molecular weight is 311 g/mol. The van der Waals surface area contributed by atoms with Crippen LogP contribution in [0, 0.1) is 6.92 Å². The van der Waals surface area contributed by atoms with Crippen LogP contribution in [-0.4, -0.2) is 5.91 Å². The maximum Gasteiger partial charge on any atom is 0.256 e. The van der Waals surface area contributed by atoms with Crippen molar-refractivity contribution in [2.45, 2.75) is 6.92 Å². The van der Waals surface area contributed by atoms with Gasteiger partial charge in [-0.2, -0.15) is 0 Å². The van der Waals surface area contributed by atoms with E-state index in [1.165, 1.54) is 11.3 Å². The summed E-state index contributed by atoms with van der Waals surface area (Å²) in [6, 6.07) is 7.27. The predicted molar refractivity (Wildman–Crippen MR) is 75.6 cm³/mol. The van der Waals surface area contributed by atoms with Gasteiger partial charge in [0.05, 0.1) is 9.35 Å². The van der Waals surface area contributed by atoms with Gasteiger partial charge in [-0.3, -0.25) is 4.79 Å². The molecular weight excluding hydrogens is 300 g/mol. The van der Waals surface area contributed by atoms with Crippen molar-refractivity contribution >= 4 is 44.5 Å². The molecule has 1 heterocycles. The molecule has 0 saturated carbocycles. The van der Waals surface area contributed by atoms with Gasteiger partial charge < -0.3 is 11.1 Å². The Kier molecular flexibility index (Phi) is 3.49. The number of thiophene rings is 1. The molecule has 1 amide bonds. The number of anilines is 2. The Morgan fingerprint density at radius 3 is 2.76 bits per heavy atom. The minimum absolute atomic E-state index is 0.129. The van der Waals surface area contributed by atoms with Crippen molar-refractivity contribution < 1.29 is 4.79 Å². The van der Waals surface area contributed by atoms with Gasteiger partial charge in [-0.25, -0.2) is 0 Å². The summed E-state index contributed by atoms with van der Waals surface area (Å²) >= 11 is 4.81. The molecule has 0 radical (unpaired) electrons. The van der Waals surface area contributed by atoms with E-state index < -0.39 is 0 Å². The molecule has 17 heavy (non-hydrogen) atoms. The molecule has 5 heteroatoms. The van der Waals surface area contributed by atoms with E-state index in [4.69, 9.17) is 5.73 Å². The van der Waals surface area contributed by atoms with Gasteiger partial charge in [0.15, 0.2) is 0 Å². The highest BCUT2D eigenvalue weighted by Gasteiger charge is 2.08. The van der Waals surface area contributed by atoms with Crippen LogP contribution in [0.3, 0.4) is 0 Å². The second-order valence-corrected chi connectivity index (χ2v) is 5.96. The molecule has 0 spiro atoms. The zero-order valence-corrected chi connectivity index (χ0v) is 11.6. The number of carbonyl (C=O) groups excluding carboxylic acids is 1. The SMILES string of the molecule is Cc1ccc(NC(=O)c2csc(Br)c2)cc1N. The molecule has 1 aromatic carbocycles. The summed E-state index contributed by atoms with van der Waals surface area (Å²) < 4.78 is 0.936. The number of carbonyl (C=O) groups is 1. The maximum absolute atomic E-state index is 11.9. The summed E-state index contributed by atoms with van der Waals surface area (Å²) in [5.41, 5.74) is 8.81. The van der Waals surface area contributed by atoms with E-state index in [0.717, 1.165) is 9.35 Å². The van der Waals surface area contributed by atoms with Gasteiger partial charge in [-0.1, -0.05) is 6.07 Å². The molecular formula is C12H11BrN2OS. The highest BCUT2D eigenvalue weighted by atomic mass is 79.9. The predicted octanol–water partition coefficient (Wildman–Crippen LogP) is 3.65. The first-order chi connectivity index (χ1) is 8.06. The third-order valence-corrected chi connectivity index (χ3v) is 3.87. The van der Waals surface area contributed by atoms with Crippen LogP contribution in [0.4, 0.5) is 11.4 Å². The zero-order chi connectivity index (χ0) is 12.4. The normalized spacial score (nSPS) is 10.2. The number of amides is 1. The van der Waals surface area contributed by atoms with Crippen LogP contribution >= 0.6 is 27.3 Å². The lowest BCUT2D eigenvalue weighted by Crippen LogP contribution is -2.11. The molecule has 88 valence electrons. The van der Waals surface area contributed by atoms with Crippen molar-refractivity contribution in [1.29, 1.82) is 0 Å². The van der Waals surface area contributed by atoms with Crippen molar-refractivity contribution in [2.24, 2.45) is 0 Å². The van der Waals surface area contributed by atoms with Gasteiger partial charge in [0.25, 0.3) is 5.91 Å². The fourth-order valence-corrected chi connectivity index (χ4v) is 2.49. The molecule has 0 aliphatic heterocycles.